The van der Waals surface area contributed by atoms with Crippen molar-refractivity contribution in [3.05, 3.63) is 24.3 Å². The zero-order valence-electron chi connectivity index (χ0n) is 16.0. The molecule has 1 fully saturated rings. The Morgan fingerprint density at radius 3 is 2.78 bits per heavy atom. The zero-order valence-corrected chi connectivity index (χ0v) is 16.8. The summed E-state index contributed by atoms with van der Waals surface area (Å²) < 4.78 is 11.4. The number of nitrogens with zero attached hydrogens (tertiary/aromatic N) is 3. The molecule has 1 aromatic carbocycles. The Bertz CT molecular complexity index is 664. The van der Waals surface area contributed by atoms with Crippen LogP contribution in [0.5, 0.6) is 5.75 Å². The van der Waals surface area contributed by atoms with E-state index in [2.05, 4.69) is 24.3 Å². The first-order valence-corrected chi connectivity index (χ1v) is 9.79. The van der Waals surface area contributed by atoms with E-state index >= 15 is 0 Å². The molecule has 0 bridgehead atoms. The summed E-state index contributed by atoms with van der Waals surface area (Å²) in [7, 11) is 4.11. The molecule has 1 aromatic rings. The summed E-state index contributed by atoms with van der Waals surface area (Å²) in [5.41, 5.74) is 0.897. The fourth-order valence-corrected chi connectivity index (χ4v) is 3.50. The molecule has 0 radical (unpaired) electrons. The lowest BCUT2D eigenvalue weighted by atomic mass is 10.1. The van der Waals surface area contributed by atoms with Crippen LogP contribution in [0.25, 0.3) is 0 Å². The van der Waals surface area contributed by atoms with Gasteiger partial charge in [0.1, 0.15) is 5.75 Å². The Morgan fingerprint density at radius 1 is 1.30 bits per heavy atom. The van der Waals surface area contributed by atoms with Crippen LogP contribution in [-0.4, -0.2) is 87.0 Å². The average molecular weight is 393 g/mol. The first kappa shape index (κ1) is 19.9. The van der Waals surface area contributed by atoms with Gasteiger partial charge in [-0.25, -0.2) is 0 Å². The predicted octanol–water partition coefficient (Wildman–Crippen LogP) is 0.939. The quantitative estimate of drug-likeness (QED) is 0.591. The van der Waals surface area contributed by atoms with Gasteiger partial charge in [0, 0.05) is 19.6 Å². The van der Waals surface area contributed by atoms with Crippen LogP contribution in [0, 0.1) is 0 Å². The summed E-state index contributed by atoms with van der Waals surface area (Å²) >= 11 is 5.63. The average Bonchev–Trinajstić information content (AvgIpc) is 2.70. The Hall–Kier alpha value is -1.90. The fourth-order valence-electron chi connectivity index (χ4n) is 3.23. The van der Waals surface area contributed by atoms with Crippen molar-refractivity contribution in [3.8, 4) is 5.75 Å². The van der Waals surface area contributed by atoms with Gasteiger partial charge in [-0.1, -0.05) is 12.1 Å². The molecule has 7 nitrogen and oxygen atoms in total. The topological polar surface area (TPSA) is 57.3 Å². The van der Waals surface area contributed by atoms with Crippen molar-refractivity contribution < 1.29 is 14.3 Å². The number of hydrogen-bond donors (Lipinski definition) is 1. The second kappa shape index (κ2) is 9.34. The van der Waals surface area contributed by atoms with Crippen LogP contribution in [0.2, 0.25) is 0 Å². The summed E-state index contributed by atoms with van der Waals surface area (Å²) in [6.45, 7) is 4.55. The molecule has 1 amide bonds. The number of hydrogen-bond acceptors (Lipinski definition) is 5. The highest BCUT2D eigenvalue weighted by atomic mass is 32.1. The van der Waals surface area contributed by atoms with Gasteiger partial charge in [0.05, 0.1) is 25.4 Å². The minimum absolute atomic E-state index is 0.00629. The van der Waals surface area contributed by atoms with E-state index in [0.717, 1.165) is 25.2 Å². The summed E-state index contributed by atoms with van der Waals surface area (Å²) in [6.07, 6.45) is 0.425. The van der Waals surface area contributed by atoms with E-state index < -0.39 is 6.10 Å². The third-order valence-corrected chi connectivity index (χ3v) is 5.04. The van der Waals surface area contributed by atoms with Crippen molar-refractivity contribution in [2.45, 2.75) is 12.5 Å². The maximum atomic E-state index is 12.9. The van der Waals surface area contributed by atoms with Crippen LogP contribution in [0.1, 0.15) is 6.42 Å². The molecule has 27 heavy (non-hydrogen) atoms. The predicted molar refractivity (Wildman–Crippen MR) is 109 cm³/mol. The van der Waals surface area contributed by atoms with E-state index in [1.807, 2.05) is 34.1 Å². The van der Waals surface area contributed by atoms with Gasteiger partial charge < -0.3 is 29.5 Å². The second-order valence-corrected chi connectivity index (χ2v) is 7.40. The van der Waals surface area contributed by atoms with E-state index in [1.165, 1.54) is 0 Å². The molecule has 0 aliphatic carbocycles. The summed E-state index contributed by atoms with van der Waals surface area (Å²) in [4.78, 5) is 18.9. The van der Waals surface area contributed by atoms with Gasteiger partial charge in [0.2, 0.25) is 0 Å². The summed E-state index contributed by atoms with van der Waals surface area (Å²) in [6, 6.07) is 7.72. The lowest BCUT2D eigenvalue weighted by molar-refractivity contribution is -0.142. The number of rotatable bonds is 5. The van der Waals surface area contributed by atoms with Crippen molar-refractivity contribution in [2.75, 3.05) is 64.9 Å². The number of thiocarbonyl (C=S) groups is 1. The first-order valence-electron chi connectivity index (χ1n) is 9.38. The molecule has 1 N–H and O–H groups in total. The van der Waals surface area contributed by atoms with Crippen LogP contribution in [0.15, 0.2) is 24.3 Å². The molecule has 1 saturated heterocycles. The zero-order chi connectivity index (χ0) is 19.2. The van der Waals surface area contributed by atoms with E-state index in [4.69, 9.17) is 21.7 Å². The number of carbonyl (C=O) groups is 1. The molecule has 2 heterocycles. The molecule has 0 spiro atoms. The maximum Gasteiger partial charge on any atom is 0.265 e. The number of benzene rings is 1. The molecule has 2 aliphatic heterocycles. The summed E-state index contributed by atoms with van der Waals surface area (Å²) in [5, 5.41) is 3.95. The van der Waals surface area contributed by atoms with E-state index in [1.54, 1.807) is 0 Å². The minimum atomic E-state index is -0.570. The molecule has 1 atom stereocenters. The van der Waals surface area contributed by atoms with Crippen molar-refractivity contribution in [1.29, 1.82) is 0 Å². The third-order valence-electron chi connectivity index (χ3n) is 4.68. The van der Waals surface area contributed by atoms with Crippen LogP contribution in [0.3, 0.4) is 0 Å². The second-order valence-electron chi connectivity index (χ2n) is 7.01. The molecule has 148 valence electrons. The minimum Gasteiger partial charge on any atom is -0.476 e. The van der Waals surface area contributed by atoms with Crippen molar-refractivity contribution in [3.63, 3.8) is 0 Å². The SMILES string of the molecule is CN(C)CCCNC(=S)N1C[C@H](C(=O)N2CCOCC2)Oc2ccccc21. The number of nitrogens with one attached hydrogen (secondary N) is 1. The van der Waals surface area contributed by atoms with Crippen LogP contribution in [0.4, 0.5) is 5.69 Å². The van der Waals surface area contributed by atoms with Crippen LogP contribution in [-0.2, 0) is 9.53 Å². The number of anilines is 1. The monoisotopic (exact) mass is 392 g/mol. The molecular weight excluding hydrogens is 364 g/mol. The maximum absolute atomic E-state index is 12.9. The molecule has 0 aromatic heterocycles. The molecule has 8 heteroatoms. The normalized spacial score (nSPS) is 19.4. The number of carbonyl (C=O) groups excluding carboxylic acids is 1. The lowest BCUT2D eigenvalue weighted by Gasteiger charge is -2.38. The van der Waals surface area contributed by atoms with E-state index in [9.17, 15) is 4.79 Å². The first-order chi connectivity index (χ1) is 13.1. The van der Waals surface area contributed by atoms with Crippen LogP contribution < -0.4 is 15.0 Å². The van der Waals surface area contributed by atoms with Crippen LogP contribution >= 0.6 is 12.2 Å². The molecular formula is C19H28N4O3S. The Labute approximate surface area is 166 Å². The van der Waals surface area contributed by atoms with Gasteiger partial charge in [-0.3, -0.25) is 4.79 Å². The molecule has 2 aliphatic rings. The molecule has 0 unspecified atom stereocenters. The highest BCUT2D eigenvalue weighted by Gasteiger charge is 2.35. The van der Waals surface area contributed by atoms with Gasteiger partial charge in [-0.15, -0.1) is 0 Å². The standard InChI is InChI=1S/C19H28N4O3S/c1-21(2)9-5-8-20-19(27)23-14-17(18(24)22-10-12-25-13-11-22)26-16-7-4-3-6-15(16)23/h3-4,6-7,17H,5,8-14H2,1-2H3,(H,20,27)/t17-/m1/s1. The molecule has 3 rings (SSSR count). The Balaban J connectivity index is 1.68. The Kier molecular flexibility index (Phi) is 6.87. The number of morpholine rings is 1. The van der Waals surface area contributed by atoms with E-state index in [0.29, 0.717) is 43.7 Å². The van der Waals surface area contributed by atoms with Crippen molar-refractivity contribution in [2.24, 2.45) is 0 Å². The molecule has 0 saturated carbocycles. The van der Waals surface area contributed by atoms with Gasteiger partial charge in [-0.05, 0) is 51.4 Å². The van der Waals surface area contributed by atoms with E-state index in [-0.39, 0.29) is 5.91 Å². The van der Waals surface area contributed by atoms with Gasteiger partial charge in [0.25, 0.3) is 5.91 Å². The third kappa shape index (κ3) is 5.09. The smallest absolute Gasteiger partial charge is 0.265 e. The number of ether oxygens (including phenoxy) is 2. The van der Waals surface area contributed by atoms with Crippen molar-refractivity contribution in [1.82, 2.24) is 15.1 Å². The highest BCUT2D eigenvalue weighted by Crippen LogP contribution is 2.33. The highest BCUT2D eigenvalue weighted by molar-refractivity contribution is 7.80. The van der Waals surface area contributed by atoms with Gasteiger partial charge in [-0.2, -0.15) is 0 Å². The largest absolute Gasteiger partial charge is 0.476 e. The Morgan fingerprint density at radius 2 is 2.04 bits per heavy atom. The van der Waals surface area contributed by atoms with Gasteiger partial charge >= 0.3 is 0 Å². The number of amides is 1. The number of fused-ring (bicyclic) bond motifs is 1. The summed E-state index contributed by atoms with van der Waals surface area (Å²) in [5.74, 6) is 0.681. The number of para-hydroxylation sites is 2. The fraction of sp³-hybridized carbons (Fsp3) is 0.579. The lowest BCUT2D eigenvalue weighted by Crippen LogP contribution is -2.55. The van der Waals surface area contributed by atoms with Gasteiger partial charge in [0.15, 0.2) is 11.2 Å². The van der Waals surface area contributed by atoms with Crippen molar-refractivity contribution >= 4 is 28.9 Å².